The van der Waals surface area contributed by atoms with Crippen LogP contribution in [0.15, 0.2) is 23.4 Å². The minimum absolute atomic E-state index is 0.259. The van der Waals surface area contributed by atoms with Gasteiger partial charge in [-0.1, -0.05) is 11.2 Å². The zero-order chi connectivity index (χ0) is 11.7. The average molecular weight is 223 g/mol. The van der Waals surface area contributed by atoms with E-state index in [1.807, 2.05) is 0 Å². The summed E-state index contributed by atoms with van der Waals surface area (Å²) in [6.07, 6.45) is 0.259. The molecule has 0 saturated heterocycles. The Kier molecular flexibility index (Phi) is 2.68. The van der Waals surface area contributed by atoms with Gasteiger partial charge < -0.3 is 4.74 Å². The van der Waals surface area contributed by atoms with Gasteiger partial charge in [0.25, 0.3) is 0 Å². The number of ether oxygens (including phenoxy) is 1. The van der Waals surface area contributed by atoms with Crippen molar-refractivity contribution in [2.24, 2.45) is 5.18 Å². The first-order chi connectivity index (χ1) is 7.67. The van der Waals surface area contributed by atoms with Crippen molar-refractivity contribution >= 4 is 5.97 Å². The van der Waals surface area contributed by atoms with Gasteiger partial charge in [-0.2, -0.15) is 4.91 Å². The first-order valence-corrected chi connectivity index (χ1v) is 4.87. The van der Waals surface area contributed by atoms with Crippen LogP contribution in [0.1, 0.15) is 29.5 Å². The van der Waals surface area contributed by atoms with Gasteiger partial charge in [-0.15, -0.1) is 0 Å². The zero-order valence-electron chi connectivity index (χ0n) is 8.64. The number of hydrogen-bond acceptors (Lipinski definition) is 4. The molecular weight excluding hydrogens is 213 g/mol. The average Bonchev–Trinajstić information content (AvgIpc) is 2.66. The maximum atomic E-state index is 13.0. The number of halogens is 1. The summed E-state index contributed by atoms with van der Waals surface area (Å²) in [4.78, 5) is 22.1. The van der Waals surface area contributed by atoms with E-state index in [0.29, 0.717) is 11.1 Å². The molecule has 16 heavy (non-hydrogen) atoms. The van der Waals surface area contributed by atoms with Gasteiger partial charge in [0.05, 0.1) is 13.0 Å². The van der Waals surface area contributed by atoms with Gasteiger partial charge >= 0.3 is 5.97 Å². The van der Waals surface area contributed by atoms with E-state index in [2.05, 4.69) is 9.91 Å². The molecular formula is C11H10FNO3. The summed E-state index contributed by atoms with van der Waals surface area (Å²) in [5.41, 5.74) is 1.13. The van der Waals surface area contributed by atoms with Gasteiger partial charge in [0.1, 0.15) is 11.9 Å². The molecule has 0 heterocycles. The van der Waals surface area contributed by atoms with Crippen LogP contribution >= 0.6 is 0 Å². The molecule has 2 atom stereocenters. The highest BCUT2D eigenvalue weighted by atomic mass is 19.1. The second-order valence-electron chi connectivity index (χ2n) is 3.71. The summed E-state index contributed by atoms with van der Waals surface area (Å²) in [7, 11) is 1.28. The van der Waals surface area contributed by atoms with Crippen molar-refractivity contribution in [3.63, 3.8) is 0 Å². The number of methoxy groups -OCH3 is 1. The molecule has 1 aromatic rings. The topological polar surface area (TPSA) is 55.7 Å². The molecule has 4 nitrogen and oxygen atoms in total. The highest BCUT2D eigenvalue weighted by Crippen LogP contribution is 2.43. The molecule has 2 unspecified atom stereocenters. The van der Waals surface area contributed by atoms with E-state index >= 15 is 0 Å². The fourth-order valence-corrected chi connectivity index (χ4v) is 2.09. The molecule has 1 aliphatic rings. The number of nitroso groups, excluding NO2 is 1. The summed E-state index contributed by atoms with van der Waals surface area (Å²) in [6.45, 7) is 0. The zero-order valence-corrected chi connectivity index (χ0v) is 8.64. The molecule has 0 saturated carbocycles. The second-order valence-corrected chi connectivity index (χ2v) is 3.71. The predicted molar refractivity (Wildman–Crippen MR) is 54.3 cm³/mol. The fraction of sp³-hybridized carbons (Fsp3) is 0.364. The Morgan fingerprint density at radius 3 is 2.88 bits per heavy atom. The molecule has 84 valence electrons. The van der Waals surface area contributed by atoms with Crippen LogP contribution in [0, 0.1) is 10.7 Å². The number of carbonyl (C=O) groups excluding carboxylic acids is 1. The van der Waals surface area contributed by atoms with Crippen LogP contribution in [0.2, 0.25) is 0 Å². The van der Waals surface area contributed by atoms with E-state index in [-0.39, 0.29) is 6.42 Å². The second kappa shape index (κ2) is 4.00. The number of fused-ring (bicyclic) bond motifs is 1. The number of nitrogens with zero attached hydrogens (tertiary/aromatic N) is 1. The minimum atomic E-state index is -0.658. The number of benzene rings is 1. The smallest absolute Gasteiger partial charge is 0.313 e. The first-order valence-electron chi connectivity index (χ1n) is 4.87. The lowest BCUT2D eigenvalue weighted by atomic mass is 10.0. The number of hydrogen-bond donors (Lipinski definition) is 0. The molecule has 0 amide bonds. The Hall–Kier alpha value is -1.78. The van der Waals surface area contributed by atoms with E-state index < -0.39 is 23.7 Å². The van der Waals surface area contributed by atoms with Crippen LogP contribution in [-0.2, 0) is 9.53 Å². The van der Waals surface area contributed by atoms with Gasteiger partial charge in [-0.3, -0.25) is 4.79 Å². The lowest BCUT2D eigenvalue weighted by molar-refractivity contribution is -0.142. The summed E-state index contributed by atoms with van der Waals surface area (Å²) in [5, 5.41) is 2.91. The van der Waals surface area contributed by atoms with E-state index in [1.54, 1.807) is 0 Å². The molecule has 0 radical (unpaired) electrons. The third-order valence-electron chi connectivity index (χ3n) is 2.86. The SMILES string of the molecule is COC(=O)C1CC(N=O)c2cc(F)ccc21. The van der Waals surface area contributed by atoms with E-state index in [4.69, 9.17) is 0 Å². The first kappa shape index (κ1) is 10.7. The largest absolute Gasteiger partial charge is 0.469 e. The van der Waals surface area contributed by atoms with Crippen LogP contribution in [-0.4, -0.2) is 13.1 Å². The normalized spacial score (nSPS) is 22.6. The lowest BCUT2D eigenvalue weighted by Crippen LogP contribution is -2.11. The van der Waals surface area contributed by atoms with Crippen molar-refractivity contribution in [3.05, 3.63) is 40.1 Å². The van der Waals surface area contributed by atoms with Crippen molar-refractivity contribution in [1.82, 2.24) is 0 Å². The third-order valence-corrected chi connectivity index (χ3v) is 2.86. The monoisotopic (exact) mass is 223 g/mol. The maximum Gasteiger partial charge on any atom is 0.313 e. The predicted octanol–water partition coefficient (Wildman–Crippen LogP) is 2.29. The van der Waals surface area contributed by atoms with E-state index in [0.717, 1.165) is 0 Å². The van der Waals surface area contributed by atoms with Crippen molar-refractivity contribution in [1.29, 1.82) is 0 Å². The summed E-state index contributed by atoms with van der Waals surface area (Å²) in [5.74, 6) is -1.36. The Balaban J connectivity index is 2.45. The minimum Gasteiger partial charge on any atom is -0.469 e. The third kappa shape index (κ3) is 1.58. The van der Waals surface area contributed by atoms with Crippen molar-refractivity contribution < 1.29 is 13.9 Å². The van der Waals surface area contributed by atoms with Crippen LogP contribution in [0.3, 0.4) is 0 Å². The lowest BCUT2D eigenvalue weighted by Gasteiger charge is -2.07. The number of esters is 1. The van der Waals surface area contributed by atoms with Gasteiger partial charge in [-0.05, 0) is 29.7 Å². The molecule has 0 aromatic heterocycles. The molecule has 0 N–H and O–H groups in total. The van der Waals surface area contributed by atoms with E-state index in [1.165, 1.54) is 25.3 Å². The van der Waals surface area contributed by atoms with Crippen molar-refractivity contribution in [2.45, 2.75) is 18.4 Å². The van der Waals surface area contributed by atoms with Crippen LogP contribution in [0.25, 0.3) is 0 Å². The molecule has 0 bridgehead atoms. The summed E-state index contributed by atoms with van der Waals surface area (Å²) < 4.78 is 17.7. The molecule has 0 fully saturated rings. The maximum absolute atomic E-state index is 13.0. The number of carbonyl (C=O) groups is 1. The Morgan fingerprint density at radius 2 is 2.25 bits per heavy atom. The van der Waals surface area contributed by atoms with Gasteiger partial charge in [-0.25, -0.2) is 4.39 Å². The standard InChI is InChI=1S/C11H10FNO3/c1-16-11(14)9-5-10(13-15)8-4-6(12)2-3-7(8)9/h2-4,9-10H,5H2,1H3. The van der Waals surface area contributed by atoms with Crippen LogP contribution in [0.5, 0.6) is 0 Å². The molecule has 5 heteroatoms. The molecule has 2 rings (SSSR count). The molecule has 1 aliphatic carbocycles. The van der Waals surface area contributed by atoms with E-state index in [9.17, 15) is 14.1 Å². The Labute approximate surface area is 91.4 Å². The molecule has 0 spiro atoms. The van der Waals surface area contributed by atoms with Gasteiger partial charge in [0.2, 0.25) is 0 Å². The van der Waals surface area contributed by atoms with Gasteiger partial charge in [0.15, 0.2) is 0 Å². The fourth-order valence-electron chi connectivity index (χ4n) is 2.09. The van der Waals surface area contributed by atoms with Crippen LogP contribution in [0.4, 0.5) is 4.39 Å². The van der Waals surface area contributed by atoms with Crippen molar-refractivity contribution in [3.8, 4) is 0 Å². The molecule has 1 aromatic carbocycles. The quantitative estimate of drug-likeness (QED) is 0.571. The van der Waals surface area contributed by atoms with Gasteiger partial charge in [0, 0.05) is 0 Å². The van der Waals surface area contributed by atoms with Crippen molar-refractivity contribution in [2.75, 3.05) is 7.11 Å². The highest BCUT2D eigenvalue weighted by Gasteiger charge is 2.37. The summed E-state index contributed by atoms with van der Waals surface area (Å²) in [6, 6.07) is 3.37. The Bertz CT molecular complexity index is 447. The highest BCUT2D eigenvalue weighted by molar-refractivity contribution is 5.80. The Morgan fingerprint density at radius 1 is 1.50 bits per heavy atom. The molecule has 0 aliphatic heterocycles. The summed E-state index contributed by atoms with van der Waals surface area (Å²) >= 11 is 0. The van der Waals surface area contributed by atoms with Crippen LogP contribution < -0.4 is 0 Å². The number of rotatable bonds is 2.